The SMILES string of the molecule is O=C(c1ccn(-c2ccc(Cl)cc2)n1)N1CCC(Oc2ccc(Cl)cc2)CC1. The molecule has 1 aromatic heterocycles. The van der Waals surface area contributed by atoms with Gasteiger partial charge in [-0.3, -0.25) is 4.79 Å². The van der Waals surface area contributed by atoms with Crippen LogP contribution in [0.3, 0.4) is 0 Å². The van der Waals surface area contributed by atoms with E-state index in [4.69, 9.17) is 27.9 Å². The largest absolute Gasteiger partial charge is 0.490 e. The van der Waals surface area contributed by atoms with Crippen molar-refractivity contribution in [3.8, 4) is 11.4 Å². The lowest BCUT2D eigenvalue weighted by Gasteiger charge is -2.31. The molecule has 144 valence electrons. The van der Waals surface area contributed by atoms with Crippen LogP contribution >= 0.6 is 23.2 Å². The summed E-state index contributed by atoms with van der Waals surface area (Å²) < 4.78 is 7.67. The zero-order valence-corrected chi connectivity index (χ0v) is 16.6. The molecule has 3 aromatic rings. The van der Waals surface area contributed by atoms with Crippen LogP contribution in [0.2, 0.25) is 10.0 Å². The van der Waals surface area contributed by atoms with Crippen molar-refractivity contribution in [2.24, 2.45) is 0 Å². The lowest BCUT2D eigenvalue weighted by atomic mass is 10.1. The Balaban J connectivity index is 1.35. The fourth-order valence-electron chi connectivity index (χ4n) is 3.22. The number of hydrogen-bond donors (Lipinski definition) is 0. The van der Waals surface area contributed by atoms with Crippen LogP contribution in [0.5, 0.6) is 5.75 Å². The van der Waals surface area contributed by atoms with Gasteiger partial charge in [0.1, 0.15) is 11.9 Å². The molecule has 0 saturated carbocycles. The normalized spacial score (nSPS) is 14.9. The van der Waals surface area contributed by atoms with Crippen LogP contribution in [0.1, 0.15) is 23.3 Å². The van der Waals surface area contributed by atoms with E-state index < -0.39 is 0 Å². The quantitative estimate of drug-likeness (QED) is 0.610. The molecule has 5 nitrogen and oxygen atoms in total. The minimum atomic E-state index is -0.0577. The third-order valence-corrected chi connectivity index (χ3v) is 5.25. The van der Waals surface area contributed by atoms with Gasteiger partial charge in [0.05, 0.1) is 5.69 Å². The van der Waals surface area contributed by atoms with Gasteiger partial charge in [-0.1, -0.05) is 23.2 Å². The van der Waals surface area contributed by atoms with E-state index in [0.29, 0.717) is 28.8 Å². The molecular weight excluding hydrogens is 397 g/mol. The van der Waals surface area contributed by atoms with Crippen LogP contribution in [0.25, 0.3) is 5.69 Å². The third kappa shape index (κ3) is 4.32. The number of benzene rings is 2. The topological polar surface area (TPSA) is 47.4 Å². The summed E-state index contributed by atoms with van der Waals surface area (Å²) in [5.41, 5.74) is 1.30. The highest BCUT2D eigenvalue weighted by Crippen LogP contribution is 2.22. The first-order chi connectivity index (χ1) is 13.6. The van der Waals surface area contributed by atoms with Crippen molar-refractivity contribution in [1.29, 1.82) is 0 Å². The number of amides is 1. The van der Waals surface area contributed by atoms with Crippen LogP contribution in [-0.2, 0) is 0 Å². The Bertz CT molecular complexity index is 947. The summed E-state index contributed by atoms with van der Waals surface area (Å²) in [4.78, 5) is 14.6. The number of carbonyl (C=O) groups excluding carboxylic acids is 1. The summed E-state index contributed by atoms with van der Waals surface area (Å²) in [6.07, 6.45) is 3.45. The van der Waals surface area contributed by atoms with Crippen molar-refractivity contribution < 1.29 is 9.53 Å². The summed E-state index contributed by atoms with van der Waals surface area (Å²) in [5, 5.41) is 5.77. The van der Waals surface area contributed by atoms with E-state index in [1.165, 1.54) is 0 Å². The van der Waals surface area contributed by atoms with Crippen molar-refractivity contribution >= 4 is 29.1 Å². The van der Waals surface area contributed by atoms with Gasteiger partial charge in [0.2, 0.25) is 0 Å². The lowest BCUT2D eigenvalue weighted by molar-refractivity contribution is 0.0590. The van der Waals surface area contributed by atoms with Gasteiger partial charge in [-0.15, -0.1) is 0 Å². The molecule has 0 radical (unpaired) electrons. The number of halogens is 2. The van der Waals surface area contributed by atoms with Gasteiger partial charge in [-0.2, -0.15) is 5.10 Å². The molecule has 1 fully saturated rings. The summed E-state index contributed by atoms with van der Waals surface area (Å²) in [7, 11) is 0. The standard InChI is InChI=1S/C21H19Cl2N3O2/c22-15-1-5-17(6-2-15)26-14-11-20(24-26)21(27)25-12-9-19(10-13-25)28-18-7-3-16(23)4-8-18/h1-8,11,14,19H,9-10,12-13H2. The van der Waals surface area contributed by atoms with Crippen LogP contribution in [0.15, 0.2) is 60.8 Å². The van der Waals surface area contributed by atoms with E-state index in [1.54, 1.807) is 29.1 Å². The van der Waals surface area contributed by atoms with Crippen LogP contribution < -0.4 is 4.74 Å². The van der Waals surface area contributed by atoms with E-state index >= 15 is 0 Å². The number of likely N-dealkylation sites (tertiary alicyclic amines) is 1. The zero-order chi connectivity index (χ0) is 19.5. The number of nitrogens with zero attached hydrogens (tertiary/aromatic N) is 3. The first-order valence-electron chi connectivity index (χ1n) is 9.11. The number of hydrogen-bond acceptors (Lipinski definition) is 3. The Morgan fingerprint density at radius 2 is 1.54 bits per heavy atom. The molecule has 1 aliphatic heterocycles. The van der Waals surface area contributed by atoms with Crippen LogP contribution in [0, 0.1) is 0 Å². The maximum Gasteiger partial charge on any atom is 0.274 e. The molecule has 4 rings (SSSR count). The molecule has 1 saturated heterocycles. The van der Waals surface area contributed by atoms with Crippen LogP contribution in [-0.4, -0.2) is 39.8 Å². The predicted octanol–water partition coefficient (Wildman–Crippen LogP) is 4.86. The van der Waals surface area contributed by atoms with Crippen molar-refractivity contribution in [3.05, 3.63) is 76.5 Å². The number of piperidine rings is 1. The van der Waals surface area contributed by atoms with Gasteiger partial charge in [-0.25, -0.2) is 4.68 Å². The number of rotatable bonds is 4. The Morgan fingerprint density at radius 1 is 0.929 bits per heavy atom. The second-order valence-corrected chi connectivity index (χ2v) is 7.56. The third-order valence-electron chi connectivity index (χ3n) is 4.74. The Labute approximate surface area is 173 Å². The summed E-state index contributed by atoms with van der Waals surface area (Å²) in [5.74, 6) is 0.744. The summed E-state index contributed by atoms with van der Waals surface area (Å²) >= 11 is 11.8. The second-order valence-electron chi connectivity index (χ2n) is 6.69. The highest BCUT2D eigenvalue weighted by molar-refractivity contribution is 6.30. The second kappa shape index (κ2) is 8.25. The minimum Gasteiger partial charge on any atom is -0.490 e. The number of carbonyl (C=O) groups is 1. The summed E-state index contributed by atoms with van der Waals surface area (Å²) in [6.45, 7) is 1.29. The molecular formula is C21H19Cl2N3O2. The van der Waals surface area contributed by atoms with Crippen molar-refractivity contribution in [1.82, 2.24) is 14.7 Å². The minimum absolute atomic E-state index is 0.0577. The molecule has 0 spiro atoms. The van der Waals surface area contributed by atoms with Gasteiger partial charge >= 0.3 is 0 Å². The van der Waals surface area contributed by atoms with Crippen molar-refractivity contribution in [3.63, 3.8) is 0 Å². The lowest BCUT2D eigenvalue weighted by Crippen LogP contribution is -2.42. The molecule has 0 N–H and O–H groups in total. The maximum absolute atomic E-state index is 12.8. The molecule has 1 amide bonds. The molecule has 0 bridgehead atoms. The Kier molecular flexibility index (Phi) is 5.55. The van der Waals surface area contributed by atoms with E-state index in [9.17, 15) is 4.79 Å². The fourth-order valence-corrected chi connectivity index (χ4v) is 3.47. The van der Waals surface area contributed by atoms with E-state index in [-0.39, 0.29) is 12.0 Å². The predicted molar refractivity (Wildman–Crippen MR) is 110 cm³/mol. The zero-order valence-electron chi connectivity index (χ0n) is 15.1. The monoisotopic (exact) mass is 415 g/mol. The highest BCUT2D eigenvalue weighted by atomic mass is 35.5. The van der Waals surface area contributed by atoms with E-state index in [0.717, 1.165) is 24.3 Å². The van der Waals surface area contributed by atoms with Gasteiger partial charge in [0.15, 0.2) is 5.69 Å². The van der Waals surface area contributed by atoms with Gasteiger partial charge in [0.25, 0.3) is 5.91 Å². The first-order valence-corrected chi connectivity index (χ1v) is 9.87. The highest BCUT2D eigenvalue weighted by Gasteiger charge is 2.26. The number of aromatic nitrogens is 2. The van der Waals surface area contributed by atoms with Gasteiger partial charge in [0, 0.05) is 42.2 Å². The molecule has 1 aliphatic rings. The molecule has 7 heteroatoms. The average molecular weight is 416 g/mol. The molecule has 0 aliphatic carbocycles. The van der Waals surface area contributed by atoms with E-state index in [2.05, 4.69) is 5.10 Å². The first kappa shape index (κ1) is 18.8. The maximum atomic E-state index is 12.8. The Hall–Kier alpha value is -2.50. The van der Waals surface area contributed by atoms with Crippen molar-refractivity contribution in [2.45, 2.75) is 18.9 Å². The Morgan fingerprint density at radius 3 is 2.18 bits per heavy atom. The smallest absolute Gasteiger partial charge is 0.274 e. The van der Waals surface area contributed by atoms with E-state index in [1.807, 2.05) is 41.3 Å². The molecule has 0 atom stereocenters. The van der Waals surface area contributed by atoms with Crippen molar-refractivity contribution in [2.75, 3.05) is 13.1 Å². The van der Waals surface area contributed by atoms with Crippen LogP contribution in [0.4, 0.5) is 0 Å². The van der Waals surface area contributed by atoms with Gasteiger partial charge in [-0.05, 0) is 54.6 Å². The summed E-state index contributed by atoms with van der Waals surface area (Å²) in [6, 6.07) is 16.4. The molecule has 0 unspecified atom stereocenters. The molecule has 2 aromatic carbocycles. The number of ether oxygens (including phenoxy) is 1. The molecule has 2 heterocycles. The molecule has 28 heavy (non-hydrogen) atoms. The average Bonchev–Trinajstić information content (AvgIpc) is 3.20. The van der Waals surface area contributed by atoms with Gasteiger partial charge < -0.3 is 9.64 Å². The fraction of sp³-hybridized carbons (Fsp3) is 0.238.